The number of likely N-dealkylation sites (N-methyl/N-ethyl adjacent to an activating group) is 1. The molecule has 1 aromatic rings. The Labute approximate surface area is 110 Å². The Kier molecular flexibility index (Phi) is 6.16. The third-order valence-corrected chi connectivity index (χ3v) is 2.98. The molecule has 1 unspecified atom stereocenters. The molecule has 1 atom stereocenters. The SMILES string of the molecule is CCC(O)c1ccc(N(C)CCOC(C)C)cc1. The average molecular weight is 251 g/mol. The number of aliphatic hydroxyl groups excluding tert-OH is 1. The molecule has 0 saturated carbocycles. The highest BCUT2D eigenvalue weighted by Crippen LogP contribution is 2.20. The van der Waals surface area contributed by atoms with Crippen LogP contribution in [0.2, 0.25) is 0 Å². The van der Waals surface area contributed by atoms with Crippen LogP contribution < -0.4 is 4.90 Å². The highest BCUT2D eigenvalue weighted by molar-refractivity contribution is 5.47. The van der Waals surface area contributed by atoms with Gasteiger partial charge >= 0.3 is 0 Å². The fraction of sp³-hybridized carbons (Fsp3) is 0.600. The van der Waals surface area contributed by atoms with Crippen LogP contribution in [0.1, 0.15) is 38.9 Å². The molecule has 1 rings (SSSR count). The molecule has 1 aromatic carbocycles. The first kappa shape index (κ1) is 15.0. The molecule has 0 aromatic heterocycles. The van der Waals surface area contributed by atoms with Crippen molar-refractivity contribution in [3.8, 4) is 0 Å². The first-order chi connectivity index (χ1) is 8.54. The standard InChI is InChI=1S/C15H25NO2/c1-5-15(17)13-6-8-14(9-7-13)16(4)10-11-18-12(2)3/h6-9,12,15,17H,5,10-11H2,1-4H3. The van der Waals surface area contributed by atoms with Crippen molar-refractivity contribution in [3.05, 3.63) is 29.8 Å². The summed E-state index contributed by atoms with van der Waals surface area (Å²) >= 11 is 0. The largest absolute Gasteiger partial charge is 0.388 e. The predicted molar refractivity (Wildman–Crippen MR) is 76.1 cm³/mol. The number of aliphatic hydroxyl groups is 1. The summed E-state index contributed by atoms with van der Waals surface area (Å²) in [6, 6.07) is 8.07. The second kappa shape index (κ2) is 7.39. The maximum atomic E-state index is 9.73. The highest BCUT2D eigenvalue weighted by atomic mass is 16.5. The summed E-state index contributed by atoms with van der Waals surface area (Å²) in [4.78, 5) is 2.16. The van der Waals surface area contributed by atoms with E-state index in [0.717, 1.165) is 30.8 Å². The van der Waals surface area contributed by atoms with Gasteiger partial charge in [-0.05, 0) is 38.0 Å². The van der Waals surface area contributed by atoms with Crippen LogP contribution in [-0.4, -0.2) is 31.4 Å². The molecular weight excluding hydrogens is 226 g/mol. The molecule has 0 bridgehead atoms. The van der Waals surface area contributed by atoms with Crippen LogP contribution in [0.3, 0.4) is 0 Å². The van der Waals surface area contributed by atoms with E-state index < -0.39 is 0 Å². The molecule has 3 heteroatoms. The molecule has 18 heavy (non-hydrogen) atoms. The Morgan fingerprint density at radius 2 is 1.83 bits per heavy atom. The summed E-state index contributed by atoms with van der Waals surface area (Å²) in [6.45, 7) is 7.66. The second-order valence-corrected chi connectivity index (χ2v) is 4.86. The molecule has 0 aliphatic heterocycles. The van der Waals surface area contributed by atoms with Gasteiger partial charge in [0, 0.05) is 19.3 Å². The van der Waals surface area contributed by atoms with Crippen LogP contribution in [0.5, 0.6) is 0 Å². The number of nitrogens with zero attached hydrogens (tertiary/aromatic N) is 1. The van der Waals surface area contributed by atoms with Crippen LogP contribution >= 0.6 is 0 Å². The van der Waals surface area contributed by atoms with Gasteiger partial charge in [-0.15, -0.1) is 0 Å². The minimum absolute atomic E-state index is 0.278. The van der Waals surface area contributed by atoms with Crippen LogP contribution in [0.15, 0.2) is 24.3 Å². The lowest BCUT2D eigenvalue weighted by Gasteiger charge is -2.20. The Hall–Kier alpha value is -1.06. The zero-order valence-corrected chi connectivity index (χ0v) is 11.9. The lowest BCUT2D eigenvalue weighted by molar-refractivity contribution is 0.0846. The smallest absolute Gasteiger partial charge is 0.0787 e. The first-order valence-electron chi connectivity index (χ1n) is 6.65. The van der Waals surface area contributed by atoms with Gasteiger partial charge in [0.05, 0.1) is 18.8 Å². The molecule has 0 fully saturated rings. The van der Waals surface area contributed by atoms with E-state index >= 15 is 0 Å². The maximum Gasteiger partial charge on any atom is 0.0787 e. The van der Waals surface area contributed by atoms with E-state index in [1.54, 1.807) is 0 Å². The van der Waals surface area contributed by atoms with Crippen molar-refractivity contribution < 1.29 is 9.84 Å². The summed E-state index contributed by atoms with van der Waals surface area (Å²) in [5, 5.41) is 9.73. The van der Waals surface area contributed by atoms with Gasteiger partial charge in [-0.25, -0.2) is 0 Å². The Morgan fingerprint density at radius 3 is 2.33 bits per heavy atom. The predicted octanol–water partition coefficient (Wildman–Crippen LogP) is 2.99. The summed E-state index contributed by atoms with van der Waals surface area (Å²) in [6.07, 6.45) is 0.673. The maximum absolute atomic E-state index is 9.73. The average Bonchev–Trinajstić information content (AvgIpc) is 2.37. The molecule has 0 amide bonds. The minimum Gasteiger partial charge on any atom is -0.388 e. The summed E-state index contributed by atoms with van der Waals surface area (Å²) < 4.78 is 5.53. The topological polar surface area (TPSA) is 32.7 Å². The molecule has 102 valence electrons. The summed E-state index contributed by atoms with van der Waals surface area (Å²) in [5.74, 6) is 0. The number of anilines is 1. The third-order valence-electron chi connectivity index (χ3n) is 2.98. The van der Waals surface area contributed by atoms with Crippen molar-refractivity contribution in [3.63, 3.8) is 0 Å². The number of ether oxygens (including phenoxy) is 1. The molecular formula is C15H25NO2. The van der Waals surface area contributed by atoms with E-state index in [2.05, 4.69) is 11.9 Å². The molecule has 0 heterocycles. The lowest BCUT2D eigenvalue weighted by Crippen LogP contribution is -2.23. The normalized spacial score (nSPS) is 12.8. The number of benzene rings is 1. The second-order valence-electron chi connectivity index (χ2n) is 4.86. The van der Waals surface area contributed by atoms with Crippen LogP contribution in [0, 0.1) is 0 Å². The van der Waals surface area contributed by atoms with Crippen molar-refractivity contribution in [1.82, 2.24) is 0 Å². The molecule has 0 saturated heterocycles. The van der Waals surface area contributed by atoms with Crippen LogP contribution in [0.4, 0.5) is 5.69 Å². The fourth-order valence-electron chi connectivity index (χ4n) is 1.74. The fourth-order valence-corrected chi connectivity index (χ4v) is 1.74. The Bertz CT molecular complexity index is 335. The van der Waals surface area contributed by atoms with Crippen LogP contribution in [0.25, 0.3) is 0 Å². The number of hydrogen-bond donors (Lipinski definition) is 1. The molecule has 0 aliphatic carbocycles. The monoisotopic (exact) mass is 251 g/mol. The molecule has 1 N–H and O–H groups in total. The van der Waals surface area contributed by atoms with E-state index in [9.17, 15) is 5.11 Å². The van der Waals surface area contributed by atoms with Crippen LogP contribution in [-0.2, 0) is 4.74 Å². The van der Waals surface area contributed by atoms with Crippen molar-refractivity contribution in [2.45, 2.75) is 39.4 Å². The van der Waals surface area contributed by atoms with E-state index in [1.165, 1.54) is 0 Å². The van der Waals surface area contributed by atoms with E-state index in [1.807, 2.05) is 45.0 Å². The van der Waals surface area contributed by atoms with Crippen molar-refractivity contribution in [2.24, 2.45) is 0 Å². The number of rotatable bonds is 7. The Morgan fingerprint density at radius 1 is 1.22 bits per heavy atom. The summed E-state index contributed by atoms with van der Waals surface area (Å²) in [5.41, 5.74) is 2.13. The molecule has 0 radical (unpaired) electrons. The summed E-state index contributed by atoms with van der Waals surface area (Å²) in [7, 11) is 2.05. The molecule has 0 spiro atoms. The van der Waals surface area contributed by atoms with E-state index in [-0.39, 0.29) is 12.2 Å². The third kappa shape index (κ3) is 4.67. The van der Waals surface area contributed by atoms with Gasteiger partial charge < -0.3 is 14.7 Å². The van der Waals surface area contributed by atoms with Gasteiger partial charge in [0.1, 0.15) is 0 Å². The minimum atomic E-state index is -0.353. The zero-order chi connectivity index (χ0) is 13.5. The number of hydrogen-bond acceptors (Lipinski definition) is 3. The van der Waals surface area contributed by atoms with Crippen molar-refractivity contribution in [2.75, 3.05) is 25.1 Å². The van der Waals surface area contributed by atoms with E-state index in [0.29, 0.717) is 0 Å². The Balaban J connectivity index is 2.51. The van der Waals surface area contributed by atoms with Crippen molar-refractivity contribution in [1.29, 1.82) is 0 Å². The van der Waals surface area contributed by atoms with Crippen molar-refractivity contribution >= 4 is 5.69 Å². The van der Waals surface area contributed by atoms with E-state index in [4.69, 9.17) is 4.74 Å². The van der Waals surface area contributed by atoms with Gasteiger partial charge in [-0.3, -0.25) is 0 Å². The lowest BCUT2D eigenvalue weighted by atomic mass is 10.1. The van der Waals surface area contributed by atoms with Gasteiger partial charge in [0.2, 0.25) is 0 Å². The highest BCUT2D eigenvalue weighted by Gasteiger charge is 2.06. The molecule has 0 aliphatic rings. The van der Waals surface area contributed by atoms with Gasteiger partial charge in [-0.1, -0.05) is 19.1 Å². The first-order valence-corrected chi connectivity index (χ1v) is 6.65. The quantitative estimate of drug-likeness (QED) is 0.808. The van der Waals surface area contributed by atoms with Gasteiger partial charge in [0.15, 0.2) is 0 Å². The zero-order valence-electron chi connectivity index (χ0n) is 11.9. The molecule has 3 nitrogen and oxygen atoms in total. The van der Waals surface area contributed by atoms with Gasteiger partial charge in [-0.2, -0.15) is 0 Å². The van der Waals surface area contributed by atoms with Gasteiger partial charge in [0.25, 0.3) is 0 Å².